The van der Waals surface area contributed by atoms with E-state index in [1.165, 1.54) is 0 Å². The van der Waals surface area contributed by atoms with Crippen molar-refractivity contribution >= 4 is 5.97 Å². The van der Waals surface area contributed by atoms with Crippen LogP contribution in [0.5, 0.6) is 0 Å². The molecule has 3 N–H and O–H groups in total. The highest BCUT2D eigenvalue weighted by Crippen LogP contribution is 2.15. The largest absolute Gasteiger partial charge is 0.481 e. The number of pyridine rings is 1. The predicted molar refractivity (Wildman–Crippen MR) is 43.3 cm³/mol. The maximum atomic E-state index is 12.6. The van der Waals surface area contributed by atoms with Crippen molar-refractivity contribution in [1.82, 2.24) is 4.98 Å². The monoisotopic (exact) mass is 202 g/mol. The smallest absolute Gasteiger partial charge is 0.305 e. The van der Waals surface area contributed by atoms with Gasteiger partial charge in [-0.15, -0.1) is 0 Å². The van der Waals surface area contributed by atoms with Gasteiger partial charge in [-0.1, -0.05) is 0 Å². The summed E-state index contributed by atoms with van der Waals surface area (Å²) in [6, 6.07) is 0.896. The Morgan fingerprint density at radius 1 is 1.50 bits per heavy atom. The van der Waals surface area contributed by atoms with E-state index in [9.17, 15) is 13.6 Å². The molecule has 14 heavy (non-hydrogen) atoms. The Hall–Kier alpha value is -1.56. The van der Waals surface area contributed by atoms with Gasteiger partial charge in [0.2, 0.25) is 11.9 Å². The third kappa shape index (κ3) is 2.74. The number of carboxylic acids is 1. The Bertz CT molecular complexity index is 337. The fourth-order valence-electron chi connectivity index (χ4n) is 1.00. The van der Waals surface area contributed by atoms with Crippen molar-refractivity contribution in [1.29, 1.82) is 0 Å². The number of nitrogens with zero attached hydrogens (tertiary/aromatic N) is 1. The fourth-order valence-corrected chi connectivity index (χ4v) is 1.00. The predicted octanol–water partition coefficient (Wildman–Crippen LogP) is 0.834. The first kappa shape index (κ1) is 10.5. The number of carboxylic acid groups (broad SMARTS) is 1. The summed E-state index contributed by atoms with van der Waals surface area (Å²) in [5.74, 6) is -3.16. The van der Waals surface area contributed by atoms with Gasteiger partial charge in [-0.05, 0) is 17.7 Å². The highest BCUT2D eigenvalue weighted by molar-refractivity contribution is 5.67. The van der Waals surface area contributed by atoms with Gasteiger partial charge in [0.25, 0.3) is 0 Å². The number of aromatic nitrogens is 1. The molecule has 1 atom stereocenters. The van der Waals surface area contributed by atoms with Gasteiger partial charge < -0.3 is 10.8 Å². The first-order valence-corrected chi connectivity index (χ1v) is 3.79. The van der Waals surface area contributed by atoms with Crippen LogP contribution in [-0.4, -0.2) is 16.1 Å². The zero-order valence-electron chi connectivity index (χ0n) is 7.08. The highest BCUT2D eigenvalue weighted by atomic mass is 19.1. The SMILES string of the molecule is NC(CC(=O)O)c1cc(F)nc(F)c1. The molecule has 0 aromatic carbocycles. The first-order valence-electron chi connectivity index (χ1n) is 3.79. The number of hydrogen-bond donors (Lipinski definition) is 2. The number of hydrogen-bond acceptors (Lipinski definition) is 3. The number of nitrogens with two attached hydrogens (primary N) is 1. The molecule has 0 amide bonds. The van der Waals surface area contributed by atoms with Crippen LogP contribution in [0, 0.1) is 11.9 Å². The molecule has 0 saturated carbocycles. The summed E-state index contributed by atoms with van der Waals surface area (Å²) in [7, 11) is 0. The Morgan fingerprint density at radius 3 is 2.43 bits per heavy atom. The summed E-state index contributed by atoms with van der Waals surface area (Å²) in [4.78, 5) is 13.1. The van der Waals surface area contributed by atoms with Crippen molar-refractivity contribution in [3.8, 4) is 0 Å². The third-order valence-corrected chi connectivity index (χ3v) is 1.61. The van der Waals surface area contributed by atoms with Crippen LogP contribution in [-0.2, 0) is 4.79 Å². The zero-order chi connectivity index (χ0) is 10.7. The summed E-state index contributed by atoms with van der Waals surface area (Å²) in [6.45, 7) is 0. The van der Waals surface area contributed by atoms with Crippen molar-refractivity contribution < 1.29 is 18.7 Å². The molecular formula is C8H8F2N2O2. The molecule has 0 aliphatic rings. The van der Waals surface area contributed by atoms with E-state index in [-0.39, 0.29) is 12.0 Å². The van der Waals surface area contributed by atoms with E-state index in [4.69, 9.17) is 10.8 Å². The minimum atomic E-state index is -1.13. The summed E-state index contributed by atoms with van der Waals surface area (Å²) >= 11 is 0. The van der Waals surface area contributed by atoms with E-state index in [0.29, 0.717) is 0 Å². The van der Waals surface area contributed by atoms with Crippen LogP contribution in [0.4, 0.5) is 8.78 Å². The Morgan fingerprint density at radius 2 is 2.00 bits per heavy atom. The number of halogens is 2. The van der Waals surface area contributed by atoms with Crippen LogP contribution >= 0.6 is 0 Å². The number of rotatable bonds is 3. The van der Waals surface area contributed by atoms with Gasteiger partial charge in [0, 0.05) is 6.04 Å². The summed E-state index contributed by atoms with van der Waals surface area (Å²) in [6.07, 6.45) is -0.386. The Balaban J connectivity index is 2.89. The van der Waals surface area contributed by atoms with Crippen molar-refractivity contribution in [2.45, 2.75) is 12.5 Å². The lowest BCUT2D eigenvalue weighted by molar-refractivity contribution is -0.137. The van der Waals surface area contributed by atoms with Crippen LogP contribution < -0.4 is 5.73 Å². The van der Waals surface area contributed by atoms with Crippen LogP contribution in [0.1, 0.15) is 18.0 Å². The van der Waals surface area contributed by atoms with E-state index in [1.807, 2.05) is 0 Å². The number of carbonyl (C=O) groups is 1. The van der Waals surface area contributed by atoms with E-state index < -0.39 is 23.9 Å². The van der Waals surface area contributed by atoms with Crippen LogP contribution in [0.25, 0.3) is 0 Å². The molecule has 76 valence electrons. The standard InChI is InChI=1S/C8H8F2N2O2/c9-6-1-4(2-7(10)12-6)5(11)3-8(13)14/h1-2,5H,3,11H2,(H,13,14). The van der Waals surface area contributed by atoms with Crippen LogP contribution in [0.3, 0.4) is 0 Å². The molecule has 1 rings (SSSR count). The summed E-state index contributed by atoms with van der Waals surface area (Å²) in [5, 5.41) is 8.40. The Kier molecular flexibility index (Phi) is 3.08. The quantitative estimate of drug-likeness (QED) is 0.712. The van der Waals surface area contributed by atoms with Gasteiger partial charge in [0.1, 0.15) is 0 Å². The van der Waals surface area contributed by atoms with Crippen molar-refractivity contribution in [3.05, 3.63) is 29.6 Å². The maximum absolute atomic E-state index is 12.6. The molecule has 0 aliphatic carbocycles. The van der Waals surface area contributed by atoms with E-state index in [2.05, 4.69) is 4.98 Å². The minimum absolute atomic E-state index is 0.0809. The minimum Gasteiger partial charge on any atom is -0.481 e. The molecule has 0 aliphatic heterocycles. The van der Waals surface area contributed by atoms with Gasteiger partial charge in [-0.3, -0.25) is 4.79 Å². The zero-order valence-corrected chi connectivity index (χ0v) is 7.08. The van der Waals surface area contributed by atoms with Gasteiger partial charge in [0.05, 0.1) is 6.42 Å². The fraction of sp³-hybridized carbons (Fsp3) is 0.250. The average Bonchev–Trinajstić information content (AvgIpc) is 2.00. The second-order valence-corrected chi connectivity index (χ2v) is 2.75. The molecule has 0 bridgehead atoms. The molecule has 6 heteroatoms. The first-order chi connectivity index (χ1) is 6.49. The molecule has 1 aromatic rings. The molecular weight excluding hydrogens is 194 g/mol. The van der Waals surface area contributed by atoms with Gasteiger partial charge >= 0.3 is 5.97 Å². The van der Waals surface area contributed by atoms with E-state index >= 15 is 0 Å². The Labute approximate surface area is 78.4 Å². The highest BCUT2D eigenvalue weighted by Gasteiger charge is 2.13. The van der Waals surface area contributed by atoms with Crippen LogP contribution in [0.15, 0.2) is 12.1 Å². The summed E-state index contributed by atoms with van der Waals surface area (Å²) in [5.41, 5.74) is 5.47. The van der Waals surface area contributed by atoms with Crippen LogP contribution in [0.2, 0.25) is 0 Å². The van der Waals surface area contributed by atoms with Gasteiger partial charge in [-0.2, -0.15) is 13.8 Å². The second-order valence-electron chi connectivity index (χ2n) is 2.75. The average molecular weight is 202 g/mol. The van der Waals surface area contributed by atoms with Gasteiger partial charge in [-0.25, -0.2) is 0 Å². The van der Waals surface area contributed by atoms with Crippen molar-refractivity contribution in [2.75, 3.05) is 0 Å². The van der Waals surface area contributed by atoms with E-state index in [1.54, 1.807) is 0 Å². The van der Waals surface area contributed by atoms with E-state index in [0.717, 1.165) is 12.1 Å². The lowest BCUT2D eigenvalue weighted by Crippen LogP contribution is -2.15. The van der Waals surface area contributed by atoms with Crippen molar-refractivity contribution in [2.24, 2.45) is 5.73 Å². The lowest BCUT2D eigenvalue weighted by Gasteiger charge is -2.08. The molecule has 1 aromatic heterocycles. The molecule has 4 nitrogen and oxygen atoms in total. The molecule has 1 unspecified atom stereocenters. The lowest BCUT2D eigenvalue weighted by atomic mass is 10.1. The molecule has 0 saturated heterocycles. The van der Waals surface area contributed by atoms with Gasteiger partial charge in [0.15, 0.2) is 0 Å². The van der Waals surface area contributed by atoms with Crippen molar-refractivity contribution in [3.63, 3.8) is 0 Å². The third-order valence-electron chi connectivity index (χ3n) is 1.61. The summed E-state index contributed by atoms with van der Waals surface area (Å²) < 4.78 is 25.1. The molecule has 0 fully saturated rings. The number of aliphatic carboxylic acids is 1. The maximum Gasteiger partial charge on any atom is 0.305 e. The molecule has 0 spiro atoms. The molecule has 1 heterocycles. The molecule has 0 radical (unpaired) electrons. The normalized spacial score (nSPS) is 12.5. The second kappa shape index (κ2) is 4.10. The topological polar surface area (TPSA) is 76.2 Å².